The molecule has 0 aliphatic heterocycles. The lowest BCUT2D eigenvalue weighted by Crippen LogP contribution is -2.48. The average Bonchev–Trinajstić information content (AvgIpc) is 2.32. The Bertz CT molecular complexity index is 282. The van der Waals surface area contributed by atoms with Crippen molar-refractivity contribution in [1.82, 2.24) is 10.2 Å². The van der Waals surface area contributed by atoms with E-state index < -0.39 is 12.0 Å². The first-order chi connectivity index (χ1) is 8.92. The standard InChI is InChI=1S/C13H26N2O4/c1-4-5-6-15(7-8-16)13(19)14-11(10(2)3)9-12(17)18/h10-11,16H,4-9H2,1-3H3,(H,14,19)(H,17,18). The maximum absolute atomic E-state index is 12.0. The molecule has 2 amide bonds. The van der Waals surface area contributed by atoms with E-state index in [1.807, 2.05) is 20.8 Å². The first-order valence-corrected chi connectivity index (χ1v) is 6.80. The maximum Gasteiger partial charge on any atom is 0.317 e. The molecule has 1 atom stereocenters. The van der Waals surface area contributed by atoms with E-state index in [0.29, 0.717) is 6.54 Å². The number of amides is 2. The molecule has 19 heavy (non-hydrogen) atoms. The number of aliphatic carboxylic acids is 1. The average molecular weight is 274 g/mol. The topological polar surface area (TPSA) is 89.9 Å². The zero-order valence-electron chi connectivity index (χ0n) is 12.1. The Kier molecular flexibility index (Phi) is 8.95. The molecule has 0 saturated carbocycles. The first kappa shape index (κ1) is 17.7. The van der Waals surface area contributed by atoms with E-state index in [2.05, 4.69) is 5.32 Å². The lowest BCUT2D eigenvalue weighted by Gasteiger charge is -2.27. The molecular formula is C13H26N2O4. The van der Waals surface area contributed by atoms with Crippen molar-refractivity contribution in [1.29, 1.82) is 0 Å². The second-order valence-corrected chi connectivity index (χ2v) is 4.96. The Balaban J connectivity index is 4.51. The van der Waals surface area contributed by atoms with Gasteiger partial charge in [-0.25, -0.2) is 4.79 Å². The third-order valence-corrected chi connectivity index (χ3v) is 2.95. The zero-order valence-corrected chi connectivity index (χ0v) is 12.1. The van der Waals surface area contributed by atoms with Gasteiger partial charge in [0.05, 0.1) is 13.0 Å². The van der Waals surface area contributed by atoms with Crippen LogP contribution in [0.1, 0.15) is 40.0 Å². The van der Waals surface area contributed by atoms with Crippen molar-refractivity contribution in [2.75, 3.05) is 19.7 Å². The summed E-state index contributed by atoms with van der Waals surface area (Å²) in [5.41, 5.74) is 0. The monoisotopic (exact) mass is 274 g/mol. The summed E-state index contributed by atoms with van der Waals surface area (Å²) >= 11 is 0. The Labute approximate surface area is 114 Å². The number of nitrogens with zero attached hydrogens (tertiary/aromatic N) is 1. The molecule has 0 radical (unpaired) electrons. The molecule has 112 valence electrons. The van der Waals surface area contributed by atoms with Gasteiger partial charge in [-0.05, 0) is 12.3 Å². The minimum absolute atomic E-state index is 0.0437. The second kappa shape index (κ2) is 9.61. The molecule has 0 aliphatic rings. The zero-order chi connectivity index (χ0) is 14.8. The summed E-state index contributed by atoms with van der Waals surface area (Å²) in [5.74, 6) is -0.886. The molecule has 0 fully saturated rings. The van der Waals surface area contributed by atoms with Crippen molar-refractivity contribution >= 4 is 12.0 Å². The molecule has 0 rings (SSSR count). The number of aliphatic hydroxyl groups is 1. The van der Waals surface area contributed by atoms with Gasteiger partial charge in [0.1, 0.15) is 0 Å². The van der Waals surface area contributed by atoms with Gasteiger partial charge in [0.25, 0.3) is 0 Å². The normalized spacial score (nSPS) is 12.3. The van der Waals surface area contributed by atoms with Gasteiger partial charge in [0.15, 0.2) is 0 Å². The fourth-order valence-corrected chi connectivity index (χ4v) is 1.68. The largest absolute Gasteiger partial charge is 0.481 e. The van der Waals surface area contributed by atoms with Crippen molar-refractivity contribution < 1.29 is 19.8 Å². The number of hydrogen-bond donors (Lipinski definition) is 3. The van der Waals surface area contributed by atoms with Crippen LogP contribution in [0.2, 0.25) is 0 Å². The van der Waals surface area contributed by atoms with Crippen LogP contribution < -0.4 is 5.32 Å². The molecule has 0 spiro atoms. The highest BCUT2D eigenvalue weighted by Gasteiger charge is 2.22. The van der Waals surface area contributed by atoms with Gasteiger partial charge in [-0.3, -0.25) is 4.79 Å². The van der Waals surface area contributed by atoms with Crippen LogP contribution in [-0.4, -0.2) is 52.9 Å². The first-order valence-electron chi connectivity index (χ1n) is 6.80. The summed E-state index contributed by atoms with van der Waals surface area (Å²) in [4.78, 5) is 24.3. The van der Waals surface area contributed by atoms with E-state index in [9.17, 15) is 9.59 Å². The van der Waals surface area contributed by atoms with Crippen molar-refractivity contribution in [3.63, 3.8) is 0 Å². The molecule has 3 N–H and O–H groups in total. The Hall–Kier alpha value is -1.30. The van der Waals surface area contributed by atoms with E-state index >= 15 is 0 Å². The van der Waals surface area contributed by atoms with Gasteiger partial charge in [-0.1, -0.05) is 27.2 Å². The molecule has 6 heteroatoms. The number of carboxylic acid groups (broad SMARTS) is 1. The van der Waals surface area contributed by atoms with Gasteiger partial charge >= 0.3 is 12.0 Å². The quantitative estimate of drug-likeness (QED) is 0.591. The number of carbonyl (C=O) groups is 2. The van der Waals surface area contributed by atoms with Crippen molar-refractivity contribution in [2.24, 2.45) is 5.92 Å². The summed E-state index contributed by atoms with van der Waals surface area (Å²) in [6, 6.07) is -0.699. The van der Waals surface area contributed by atoms with Crippen molar-refractivity contribution in [3.8, 4) is 0 Å². The lowest BCUT2D eigenvalue weighted by atomic mass is 10.0. The van der Waals surface area contributed by atoms with Gasteiger partial charge in [0.2, 0.25) is 0 Å². The predicted octanol–water partition coefficient (Wildman–Crippen LogP) is 1.29. The summed E-state index contributed by atoms with van der Waals surface area (Å²) < 4.78 is 0. The van der Waals surface area contributed by atoms with Crippen molar-refractivity contribution in [3.05, 3.63) is 0 Å². The number of aliphatic hydroxyl groups excluding tert-OH is 1. The number of urea groups is 1. The highest BCUT2D eigenvalue weighted by molar-refractivity contribution is 5.76. The summed E-state index contributed by atoms with van der Waals surface area (Å²) in [5, 5.41) is 20.5. The number of unbranched alkanes of at least 4 members (excludes halogenated alkanes) is 1. The summed E-state index contributed by atoms with van der Waals surface area (Å²) in [6.45, 7) is 6.51. The predicted molar refractivity (Wildman–Crippen MR) is 73.0 cm³/mol. The number of rotatable bonds is 9. The van der Waals surface area contributed by atoms with Gasteiger partial charge in [0, 0.05) is 19.1 Å². The Morgan fingerprint density at radius 3 is 2.32 bits per heavy atom. The summed E-state index contributed by atoms with van der Waals surface area (Å²) in [6.07, 6.45) is 1.72. The third-order valence-electron chi connectivity index (χ3n) is 2.95. The van der Waals surface area contributed by atoms with Crippen LogP contribution in [0.15, 0.2) is 0 Å². The van der Waals surface area contributed by atoms with Gasteiger partial charge in [-0.15, -0.1) is 0 Å². The molecule has 0 heterocycles. The molecular weight excluding hydrogens is 248 g/mol. The molecule has 0 saturated heterocycles. The fourth-order valence-electron chi connectivity index (χ4n) is 1.68. The fraction of sp³-hybridized carbons (Fsp3) is 0.846. The lowest BCUT2D eigenvalue weighted by molar-refractivity contribution is -0.137. The minimum Gasteiger partial charge on any atom is -0.481 e. The maximum atomic E-state index is 12.0. The Morgan fingerprint density at radius 2 is 1.89 bits per heavy atom. The minimum atomic E-state index is -0.929. The smallest absolute Gasteiger partial charge is 0.317 e. The van der Waals surface area contributed by atoms with Gasteiger partial charge < -0.3 is 20.4 Å². The van der Waals surface area contributed by atoms with Crippen LogP contribution in [0.5, 0.6) is 0 Å². The van der Waals surface area contributed by atoms with Gasteiger partial charge in [-0.2, -0.15) is 0 Å². The molecule has 0 aliphatic carbocycles. The Morgan fingerprint density at radius 1 is 1.26 bits per heavy atom. The van der Waals surface area contributed by atoms with E-state index in [4.69, 9.17) is 10.2 Å². The molecule has 1 unspecified atom stereocenters. The molecule has 0 aromatic rings. The van der Waals surface area contributed by atoms with Crippen LogP contribution in [-0.2, 0) is 4.79 Å². The highest BCUT2D eigenvalue weighted by atomic mass is 16.4. The van der Waals surface area contributed by atoms with E-state index in [1.54, 1.807) is 0 Å². The molecule has 0 bridgehead atoms. The number of carbonyl (C=O) groups excluding carboxylic acids is 1. The van der Waals surface area contributed by atoms with Crippen molar-refractivity contribution in [2.45, 2.75) is 46.1 Å². The molecule has 6 nitrogen and oxygen atoms in total. The SMILES string of the molecule is CCCCN(CCO)C(=O)NC(CC(=O)O)C(C)C. The molecule has 0 aromatic heterocycles. The number of nitrogens with one attached hydrogen (secondary N) is 1. The number of carboxylic acids is 1. The number of hydrogen-bond acceptors (Lipinski definition) is 3. The third kappa shape index (κ3) is 7.66. The van der Waals surface area contributed by atoms with E-state index in [0.717, 1.165) is 12.8 Å². The van der Waals surface area contributed by atoms with Crippen LogP contribution in [0.3, 0.4) is 0 Å². The van der Waals surface area contributed by atoms with E-state index in [-0.39, 0.29) is 31.5 Å². The van der Waals surface area contributed by atoms with Crippen LogP contribution in [0, 0.1) is 5.92 Å². The second-order valence-electron chi connectivity index (χ2n) is 4.96. The summed E-state index contributed by atoms with van der Waals surface area (Å²) in [7, 11) is 0. The van der Waals surface area contributed by atoms with E-state index in [1.165, 1.54) is 4.90 Å². The highest BCUT2D eigenvalue weighted by Crippen LogP contribution is 2.07. The van der Waals surface area contributed by atoms with Crippen LogP contribution in [0.4, 0.5) is 4.79 Å². The van der Waals surface area contributed by atoms with Crippen LogP contribution in [0.25, 0.3) is 0 Å². The molecule has 0 aromatic carbocycles. The van der Waals surface area contributed by atoms with Crippen LogP contribution >= 0.6 is 0 Å².